The number of carbonyl (C=O) groups excluding carboxylic acids is 2. The molecule has 0 saturated carbocycles. The Kier molecular flexibility index (Phi) is 4.31. The Morgan fingerprint density at radius 1 is 1.03 bits per heavy atom. The fourth-order valence-electron chi connectivity index (χ4n) is 3.96. The van der Waals surface area contributed by atoms with Crippen molar-refractivity contribution in [3.63, 3.8) is 0 Å². The number of rotatable bonds is 4. The van der Waals surface area contributed by atoms with Crippen LogP contribution in [0.3, 0.4) is 0 Å². The zero-order chi connectivity index (χ0) is 19.8. The summed E-state index contributed by atoms with van der Waals surface area (Å²) in [5, 5.41) is 10.0. The Balaban J connectivity index is 1.35. The van der Waals surface area contributed by atoms with Gasteiger partial charge in [0.2, 0.25) is 0 Å². The van der Waals surface area contributed by atoms with Gasteiger partial charge in [0, 0.05) is 49.4 Å². The van der Waals surface area contributed by atoms with E-state index in [1.807, 2.05) is 30.5 Å². The lowest BCUT2D eigenvalue weighted by atomic mass is 10.2. The summed E-state index contributed by atoms with van der Waals surface area (Å²) >= 11 is 0. The molecule has 8 heteroatoms. The molecule has 0 spiro atoms. The van der Waals surface area contributed by atoms with Crippen LogP contribution in [0.4, 0.5) is 21.9 Å². The highest BCUT2D eigenvalue weighted by molar-refractivity contribution is 6.09. The number of pyridine rings is 1. The molecule has 0 unspecified atom stereocenters. The number of nitrogens with one attached hydrogen (secondary N) is 2. The first-order valence-corrected chi connectivity index (χ1v) is 9.88. The van der Waals surface area contributed by atoms with E-state index < -0.39 is 0 Å². The summed E-state index contributed by atoms with van der Waals surface area (Å²) in [6, 6.07) is 11.3. The van der Waals surface area contributed by atoms with Gasteiger partial charge < -0.3 is 15.5 Å². The largest absolute Gasteiger partial charge is 0.371 e. The molecule has 1 aromatic carbocycles. The third-order valence-corrected chi connectivity index (χ3v) is 5.51. The number of benzene rings is 1. The molecule has 3 aromatic rings. The van der Waals surface area contributed by atoms with Crippen LogP contribution >= 0.6 is 0 Å². The molecule has 0 aliphatic carbocycles. The van der Waals surface area contributed by atoms with Gasteiger partial charge in [-0.25, -0.2) is 9.31 Å². The van der Waals surface area contributed by atoms with Gasteiger partial charge in [0.25, 0.3) is 5.91 Å². The monoisotopic (exact) mass is 390 g/mol. The first-order chi connectivity index (χ1) is 14.2. The van der Waals surface area contributed by atoms with Gasteiger partial charge in [-0.05, 0) is 49.2 Å². The van der Waals surface area contributed by atoms with E-state index in [0.29, 0.717) is 24.3 Å². The van der Waals surface area contributed by atoms with Crippen molar-refractivity contribution in [1.29, 1.82) is 0 Å². The zero-order valence-corrected chi connectivity index (χ0v) is 16.0. The maximum atomic E-state index is 12.9. The number of aromatic nitrogens is 2. The molecule has 2 aliphatic rings. The second kappa shape index (κ2) is 7.12. The maximum absolute atomic E-state index is 12.9. The minimum Gasteiger partial charge on any atom is -0.371 e. The van der Waals surface area contributed by atoms with Gasteiger partial charge in [-0.15, -0.1) is 0 Å². The molecule has 2 fully saturated rings. The SMILES string of the molecule is O=C(Nc1ccc(N2CCNC2=O)cc1)c1cnn2ccc(N3CCCC3)cc12. The molecule has 0 radical (unpaired) electrons. The topological polar surface area (TPSA) is 82.0 Å². The van der Waals surface area contributed by atoms with Crippen LogP contribution in [-0.4, -0.2) is 47.7 Å². The predicted octanol–water partition coefficient (Wildman–Crippen LogP) is 2.72. The Morgan fingerprint density at radius 2 is 1.83 bits per heavy atom. The van der Waals surface area contributed by atoms with Crippen LogP contribution in [0.1, 0.15) is 23.2 Å². The second-order valence-corrected chi connectivity index (χ2v) is 7.35. The molecule has 2 N–H and O–H groups in total. The highest BCUT2D eigenvalue weighted by Gasteiger charge is 2.21. The number of fused-ring (bicyclic) bond motifs is 1. The van der Waals surface area contributed by atoms with Gasteiger partial charge >= 0.3 is 6.03 Å². The summed E-state index contributed by atoms with van der Waals surface area (Å²) in [5.41, 5.74) is 3.93. The lowest BCUT2D eigenvalue weighted by Gasteiger charge is -2.17. The first kappa shape index (κ1) is 17.5. The van der Waals surface area contributed by atoms with E-state index in [9.17, 15) is 9.59 Å². The molecular formula is C21H22N6O2. The van der Waals surface area contributed by atoms with Crippen molar-refractivity contribution in [2.24, 2.45) is 0 Å². The Morgan fingerprint density at radius 3 is 2.55 bits per heavy atom. The zero-order valence-electron chi connectivity index (χ0n) is 16.0. The van der Waals surface area contributed by atoms with Crippen molar-refractivity contribution in [3.8, 4) is 0 Å². The third kappa shape index (κ3) is 3.26. The molecule has 2 aromatic heterocycles. The molecule has 29 heavy (non-hydrogen) atoms. The van der Waals surface area contributed by atoms with Gasteiger partial charge in [0.1, 0.15) is 0 Å². The average molecular weight is 390 g/mol. The summed E-state index contributed by atoms with van der Waals surface area (Å²) < 4.78 is 1.73. The van der Waals surface area contributed by atoms with Crippen LogP contribution in [0, 0.1) is 0 Å². The van der Waals surface area contributed by atoms with E-state index in [1.54, 1.807) is 27.7 Å². The normalized spacial score (nSPS) is 16.5. The number of hydrogen-bond donors (Lipinski definition) is 2. The quantitative estimate of drug-likeness (QED) is 0.718. The molecule has 2 aliphatic heterocycles. The highest BCUT2D eigenvalue weighted by atomic mass is 16.2. The van der Waals surface area contributed by atoms with E-state index in [2.05, 4.69) is 20.6 Å². The summed E-state index contributed by atoms with van der Waals surface area (Å²) in [7, 11) is 0. The second-order valence-electron chi connectivity index (χ2n) is 7.35. The minimum atomic E-state index is -0.203. The number of hydrogen-bond acceptors (Lipinski definition) is 4. The average Bonchev–Trinajstić information content (AvgIpc) is 3.49. The summed E-state index contributed by atoms with van der Waals surface area (Å²) in [5.74, 6) is -0.203. The van der Waals surface area contributed by atoms with Crippen molar-refractivity contribution in [1.82, 2.24) is 14.9 Å². The van der Waals surface area contributed by atoms with Crippen LogP contribution in [0.5, 0.6) is 0 Å². The smallest absolute Gasteiger partial charge is 0.321 e. The molecule has 5 rings (SSSR count). The van der Waals surface area contributed by atoms with E-state index in [1.165, 1.54) is 12.8 Å². The van der Waals surface area contributed by atoms with Crippen molar-refractivity contribution in [2.75, 3.05) is 41.3 Å². The Hall–Kier alpha value is -3.55. The number of amides is 3. The van der Waals surface area contributed by atoms with Gasteiger partial charge in [-0.2, -0.15) is 5.10 Å². The minimum absolute atomic E-state index is 0.0954. The van der Waals surface area contributed by atoms with E-state index in [4.69, 9.17) is 0 Å². The number of nitrogens with zero attached hydrogens (tertiary/aromatic N) is 4. The molecule has 3 amide bonds. The third-order valence-electron chi connectivity index (χ3n) is 5.51. The van der Waals surface area contributed by atoms with Crippen LogP contribution in [0.15, 0.2) is 48.8 Å². The number of urea groups is 1. The van der Waals surface area contributed by atoms with Crippen LogP contribution in [0.2, 0.25) is 0 Å². The molecule has 4 heterocycles. The molecule has 148 valence electrons. The van der Waals surface area contributed by atoms with E-state index in [0.717, 1.165) is 30.0 Å². The highest BCUT2D eigenvalue weighted by Crippen LogP contribution is 2.24. The molecule has 0 bridgehead atoms. The molecule has 2 saturated heterocycles. The van der Waals surface area contributed by atoms with E-state index >= 15 is 0 Å². The Labute approximate surface area is 168 Å². The first-order valence-electron chi connectivity index (χ1n) is 9.88. The molecule has 0 atom stereocenters. The van der Waals surface area contributed by atoms with Gasteiger partial charge in [-0.3, -0.25) is 9.69 Å². The summed E-state index contributed by atoms with van der Waals surface area (Å²) in [4.78, 5) is 28.6. The van der Waals surface area contributed by atoms with E-state index in [-0.39, 0.29) is 11.9 Å². The van der Waals surface area contributed by atoms with Crippen LogP contribution < -0.4 is 20.4 Å². The standard InChI is InChI=1S/C21H22N6O2/c28-20(24-15-3-5-16(6-4-15)26-12-8-22-21(26)29)18-14-23-27-11-7-17(13-19(18)27)25-9-1-2-10-25/h3-7,11,13-14H,1-2,8-10,12H2,(H,22,29)(H,24,28). The molecular weight excluding hydrogens is 368 g/mol. The van der Waals surface area contributed by atoms with Gasteiger partial charge in [0.15, 0.2) is 0 Å². The van der Waals surface area contributed by atoms with Crippen molar-refractivity contribution in [2.45, 2.75) is 12.8 Å². The summed E-state index contributed by atoms with van der Waals surface area (Å²) in [6.07, 6.45) is 5.90. The molecule has 8 nitrogen and oxygen atoms in total. The summed E-state index contributed by atoms with van der Waals surface area (Å²) in [6.45, 7) is 3.39. The lowest BCUT2D eigenvalue weighted by molar-refractivity contribution is 0.102. The van der Waals surface area contributed by atoms with Crippen LogP contribution in [0.25, 0.3) is 5.52 Å². The fourth-order valence-corrected chi connectivity index (χ4v) is 3.96. The van der Waals surface area contributed by atoms with Crippen molar-refractivity contribution >= 4 is 34.5 Å². The van der Waals surface area contributed by atoms with Crippen LogP contribution in [-0.2, 0) is 0 Å². The van der Waals surface area contributed by atoms with Crippen molar-refractivity contribution in [3.05, 3.63) is 54.4 Å². The number of anilines is 3. The number of carbonyl (C=O) groups is 2. The van der Waals surface area contributed by atoms with Gasteiger partial charge in [0.05, 0.1) is 17.3 Å². The fraction of sp³-hybridized carbons (Fsp3) is 0.286. The lowest BCUT2D eigenvalue weighted by Crippen LogP contribution is -2.27. The predicted molar refractivity (Wildman–Crippen MR) is 112 cm³/mol. The van der Waals surface area contributed by atoms with Crippen molar-refractivity contribution < 1.29 is 9.59 Å². The van der Waals surface area contributed by atoms with Gasteiger partial charge in [-0.1, -0.05) is 0 Å². The maximum Gasteiger partial charge on any atom is 0.321 e. The Bertz CT molecular complexity index is 1070.